The van der Waals surface area contributed by atoms with Crippen molar-refractivity contribution in [2.45, 2.75) is 18.9 Å². The fourth-order valence-electron chi connectivity index (χ4n) is 2.54. The highest BCUT2D eigenvalue weighted by Crippen LogP contribution is 2.33. The van der Waals surface area contributed by atoms with E-state index >= 15 is 0 Å². The number of hydrogen-bond donors (Lipinski definition) is 3. The van der Waals surface area contributed by atoms with Gasteiger partial charge in [-0.05, 0) is 36.4 Å². The molecule has 1 aliphatic heterocycles. The van der Waals surface area contributed by atoms with E-state index < -0.39 is 5.97 Å². The van der Waals surface area contributed by atoms with Gasteiger partial charge in [0.05, 0.1) is 10.7 Å². The zero-order chi connectivity index (χ0) is 11.8. The number of carboxylic acid groups (broad SMARTS) is 1. The van der Waals surface area contributed by atoms with E-state index in [1.807, 2.05) is 6.20 Å². The normalized spacial score (nSPS) is 25.2. The summed E-state index contributed by atoms with van der Waals surface area (Å²) in [6.45, 7) is 0.776. The smallest absolute Gasteiger partial charge is 0.306 e. The molecule has 2 unspecified atom stereocenters. The third-order valence-corrected chi connectivity index (χ3v) is 4.31. The lowest BCUT2D eigenvalue weighted by molar-refractivity contribution is -0.143. The summed E-state index contributed by atoms with van der Waals surface area (Å²) in [6, 6.07) is 2.26. The van der Waals surface area contributed by atoms with Gasteiger partial charge in [-0.3, -0.25) is 4.79 Å². The quantitative estimate of drug-likeness (QED) is 0.766. The molecule has 0 aliphatic carbocycles. The number of H-pyrrole nitrogens is 1. The number of rotatable bonds is 2. The molecule has 4 nitrogen and oxygen atoms in total. The van der Waals surface area contributed by atoms with Gasteiger partial charge in [0.15, 0.2) is 0 Å². The standard InChI is InChI=1S/C12H14N2O2S/c15-12(16)7-1-3-13-10(5-7)9-6-14-11-8(9)2-4-17-11/h2,4,6-7,10,13-14H,1,3,5H2,(H,15,16). The van der Waals surface area contributed by atoms with Crippen molar-refractivity contribution >= 4 is 27.5 Å². The number of aromatic amines is 1. The minimum Gasteiger partial charge on any atom is -0.481 e. The largest absolute Gasteiger partial charge is 0.481 e. The zero-order valence-electron chi connectivity index (χ0n) is 9.27. The predicted octanol–water partition coefficient (Wildman–Crippen LogP) is 2.35. The number of carbonyl (C=O) groups is 1. The van der Waals surface area contributed by atoms with Crippen molar-refractivity contribution in [3.05, 3.63) is 23.2 Å². The van der Waals surface area contributed by atoms with E-state index in [4.69, 9.17) is 5.11 Å². The SMILES string of the molecule is O=C(O)C1CCNC(c2c[nH]c3sccc23)C1. The molecule has 2 aromatic heterocycles. The zero-order valence-corrected chi connectivity index (χ0v) is 10.1. The Morgan fingerprint density at radius 1 is 1.53 bits per heavy atom. The molecule has 0 saturated carbocycles. The Balaban J connectivity index is 1.89. The Labute approximate surface area is 103 Å². The lowest BCUT2D eigenvalue weighted by Crippen LogP contribution is -2.34. The number of carboxylic acids is 1. The molecule has 0 bridgehead atoms. The number of nitrogens with one attached hydrogen (secondary N) is 2. The van der Waals surface area contributed by atoms with Gasteiger partial charge in [-0.15, -0.1) is 11.3 Å². The van der Waals surface area contributed by atoms with Gasteiger partial charge >= 0.3 is 5.97 Å². The molecule has 3 N–H and O–H groups in total. The van der Waals surface area contributed by atoms with Crippen LogP contribution in [0.2, 0.25) is 0 Å². The van der Waals surface area contributed by atoms with E-state index in [1.165, 1.54) is 15.8 Å². The van der Waals surface area contributed by atoms with Crippen molar-refractivity contribution in [3.63, 3.8) is 0 Å². The number of aliphatic carboxylic acids is 1. The first kappa shape index (κ1) is 10.8. The first-order chi connectivity index (χ1) is 8.25. The van der Waals surface area contributed by atoms with Crippen molar-refractivity contribution in [2.75, 3.05) is 6.54 Å². The molecular weight excluding hydrogens is 236 g/mol. The fraction of sp³-hybridized carbons (Fsp3) is 0.417. The highest BCUT2D eigenvalue weighted by molar-refractivity contribution is 7.16. The summed E-state index contributed by atoms with van der Waals surface area (Å²) in [5, 5.41) is 15.8. The van der Waals surface area contributed by atoms with Crippen molar-refractivity contribution in [1.82, 2.24) is 10.3 Å². The molecule has 17 heavy (non-hydrogen) atoms. The van der Waals surface area contributed by atoms with Crippen molar-refractivity contribution in [3.8, 4) is 0 Å². The van der Waals surface area contributed by atoms with Gasteiger partial charge < -0.3 is 15.4 Å². The van der Waals surface area contributed by atoms with E-state index in [1.54, 1.807) is 11.3 Å². The van der Waals surface area contributed by atoms with E-state index in [0.29, 0.717) is 6.42 Å². The first-order valence-electron chi connectivity index (χ1n) is 5.76. The third kappa shape index (κ3) is 1.85. The average molecular weight is 250 g/mol. The van der Waals surface area contributed by atoms with Gasteiger partial charge in [0.25, 0.3) is 0 Å². The summed E-state index contributed by atoms with van der Waals surface area (Å²) in [6.07, 6.45) is 3.41. The molecule has 90 valence electrons. The van der Waals surface area contributed by atoms with Crippen molar-refractivity contribution < 1.29 is 9.90 Å². The van der Waals surface area contributed by atoms with Gasteiger partial charge in [-0.1, -0.05) is 0 Å². The Morgan fingerprint density at radius 2 is 2.41 bits per heavy atom. The van der Waals surface area contributed by atoms with Crippen molar-refractivity contribution in [1.29, 1.82) is 0 Å². The van der Waals surface area contributed by atoms with E-state index in [9.17, 15) is 4.79 Å². The summed E-state index contributed by atoms with van der Waals surface area (Å²) >= 11 is 1.68. The third-order valence-electron chi connectivity index (χ3n) is 3.46. The molecule has 3 rings (SSSR count). The molecular formula is C12H14N2O2S. The molecule has 2 atom stereocenters. The molecule has 1 saturated heterocycles. The summed E-state index contributed by atoms with van der Waals surface area (Å²) in [4.78, 5) is 15.5. The van der Waals surface area contributed by atoms with Crippen LogP contribution in [-0.4, -0.2) is 22.6 Å². The Kier molecular flexibility index (Phi) is 2.64. The van der Waals surface area contributed by atoms with Crippen LogP contribution in [0.3, 0.4) is 0 Å². The van der Waals surface area contributed by atoms with Crippen LogP contribution in [0.1, 0.15) is 24.4 Å². The second kappa shape index (κ2) is 4.16. The predicted molar refractivity (Wildman–Crippen MR) is 67.3 cm³/mol. The number of fused-ring (bicyclic) bond motifs is 1. The molecule has 0 radical (unpaired) electrons. The molecule has 0 amide bonds. The molecule has 5 heteroatoms. The summed E-state index contributed by atoms with van der Waals surface area (Å²) in [5.74, 6) is -0.890. The molecule has 0 aromatic carbocycles. The fourth-order valence-corrected chi connectivity index (χ4v) is 3.32. The Bertz CT molecular complexity index is 545. The van der Waals surface area contributed by atoms with Gasteiger partial charge in [0.1, 0.15) is 0 Å². The second-order valence-corrected chi connectivity index (χ2v) is 5.39. The van der Waals surface area contributed by atoms with Crippen LogP contribution in [0.25, 0.3) is 10.2 Å². The molecule has 1 aliphatic rings. The van der Waals surface area contributed by atoms with Crippen LogP contribution < -0.4 is 5.32 Å². The highest BCUT2D eigenvalue weighted by atomic mass is 32.1. The highest BCUT2D eigenvalue weighted by Gasteiger charge is 2.28. The van der Waals surface area contributed by atoms with Crippen LogP contribution in [0.4, 0.5) is 0 Å². The van der Waals surface area contributed by atoms with Crippen LogP contribution in [0, 0.1) is 5.92 Å². The number of thiophene rings is 1. The summed E-state index contributed by atoms with van der Waals surface area (Å²) in [7, 11) is 0. The van der Waals surface area contributed by atoms with Gasteiger partial charge in [-0.25, -0.2) is 0 Å². The Morgan fingerprint density at radius 3 is 3.24 bits per heavy atom. The second-order valence-electron chi connectivity index (χ2n) is 4.47. The average Bonchev–Trinajstić information content (AvgIpc) is 2.90. The summed E-state index contributed by atoms with van der Waals surface area (Å²) < 4.78 is 0. The van der Waals surface area contributed by atoms with Gasteiger partial charge in [0.2, 0.25) is 0 Å². The maximum absolute atomic E-state index is 11.0. The van der Waals surface area contributed by atoms with Gasteiger partial charge in [-0.2, -0.15) is 0 Å². The van der Waals surface area contributed by atoms with Crippen LogP contribution in [-0.2, 0) is 4.79 Å². The molecule has 2 aromatic rings. The molecule has 0 spiro atoms. The first-order valence-corrected chi connectivity index (χ1v) is 6.64. The number of hydrogen-bond acceptors (Lipinski definition) is 3. The van der Waals surface area contributed by atoms with Gasteiger partial charge in [0, 0.05) is 17.6 Å². The molecule has 3 heterocycles. The monoisotopic (exact) mass is 250 g/mol. The van der Waals surface area contributed by atoms with E-state index in [2.05, 4.69) is 21.7 Å². The lowest BCUT2D eigenvalue weighted by atomic mass is 9.89. The van der Waals surface area contributed by atoms with E-state index in [-0.39, 0.29) is 12.0 Å². The van der Waals surface area contributed by atoms with E-state index in [0.717, 1.165) is 13.0 Å². The minimum atomic E-state index is -0.673. The van der Waals surface area contributed by atoms with Crippen molar-refractivity contribution in [2.24, 2.45) is 5.92 Å². The molecule has 1 fully saturated rings. The maximum atomic E-state index is 11.0. The van der Waals surface area contributed by atoms with Crippen LogP contribution in [0.15, 0.2) is 17.6 Å². The topological polar surface area (TPSA) is 65.1 Å². The van der Waals surface area contributed by atoms with Crippen LogP contribution >= 0.6 is 11.3 Å². The lowest BCUT2D eigenvalue weighted by Gasteiger charge is -2.27. The van der Waals surface area contributed by atoms with Crippen LogP contribution in [0.5, 0.6) is 0 Å². The summed E-state index contributed by atoms with van der Waals surface area (Å²) in [5.41, 5.74) is 1.20. The maximum Gasteiger partial charge on any atom is 0.306 e. The number of aromatic nitrogens is 1. The number of piperidine rings is 1. The Hall–Kier alpha value is -1.33. The minimum absolute atomic E-state index is 0.160.